The Morgan fingerprint density at radius 2 is 2.17 bits per heavy atom. The molecule has 1 saturated heterocycles. The second-order valence-corrected chi connectivity index (χ2v) is 5.70. The van der Waals surface area contributed by atoms with Crippen molar-refractivity contribution in [3.05, 3.63) is 30.0 Å². The summed E-state index contributed by atoms with van der Waals surface area (Å²) in [6.07, 6.45) is 0.896. The zero-order valence-electron chi connectivity index (χ0n) is 13.0. The van der Waals surface area contributed by atoms with Crippen LogP contribution in [0, 0.1) is 0 Å². The van der Waals surface area contributed by atoms with Crippen LogP contribution in [0.5, 0.6) is 5.75 Å². The molecule has 3 N–H and O–H groups in total. The van der Waals surface area contributed by atoms with Crippen molar-refractivity contribution in [2.75, 3.05) is 20.2 Å². The minimum Gasteiger partial charge on any atom is -0.497 e. The highest BCUT2D eigenvalue weighted by atomic mass is 16.5. The van der Waals surface area contributed by atoms with E-state index in [-0.39, 0.29) is 24.9 Å². The lowest BCUT2D eigenvalue weighted by atomic mass is 10.1. The van der Waals surface area contributed by atoms with E-state index in [2.05, 4.69) is 10.3 Å². The van der Waals surface area contributed by atoms with Gasteiger partial charge in [-0.3, -0.25) is 9.59 Å². The maximum atomic E-state index is 12.7. The van der Waals surface area contributed by atoms with Crippen molar-refractivity contribution in [1.82, 2.24) is 15.2 Å². The Labute approximate surface area is 133 Å². The van der Waals surface area contributed by atoms with E-state index in [1.807, 2.05) is 12.1 Å². The number of likely N-dealkylation sites (tertiary alicyclic amines) is 1. The molecule has 2 heterocycles. The molecule has 0 unspecified atom stereocenters. The van der Waals surface area contributed by atoms with E-state index in [0.29, 0.717) is 11.3 Å². The Balaban J connectivity index is 1.85. The number of carbonyl (C=O) groups is 2. The first kappa shape index (κ1) is 15.4. The second-order valence-electron chi connectivity index (χ2n) is 5.70. The molecular formula is C16H19N3O4. The summed E-state index contributed by atoms with van der Waals surface area (Å²) in [5.41, 5.74) is 1.36. The molecule has 0 bridgehead atoms. The standard InChI is InChI=1S/C16H19N3O4/c1-9(20)18-14-7-19(8-15(14)21)16(22)12-6-17-13-4-3-10(23-2)5-11(12)13/h3-6,14-15,17,21H,7-8H2,1-2H3,(H,18,20)/t14-,15-/m1/s1. The summed E-state index contributed by atoms with van der Waals surface area (Å²) in [5.74, 6) is 0.264. The van der Waals surface area contributed by atoms with Gasteiger partial charge in [0.05, 0.1) is 24.8 Å². The highest BCUT2D eigenvalue weighted by Gasteiger charge is 2.35. The molecule has 1 fully saturated rings. The van der Waals surface area contributed by atoms with Gasteiger partial charge in [-0.1, -0.05) is 0 Å². The molecule has 1 aliphatic rings. The Kier molecular flexibility index (Phi) is 3.96. The predicted octanol–water partition coefficient (Wildman–Crippen LogP) is 0.498. The fraction of sp³-hybridized carbons (Fsp3) is 0.375. The molecule has 1 aromatic heterocycles. The molecule has 2 atom stereocenters. The van der Waals surface area contributed by atoms with Crippen LogP contribution < -0.4 is 10.1 Å². The van der Waals surface area contributed by atoms with E-state index in [9.17, 15) is 14.7 Å². The summed E-state index contributed by atoms with van der Waals surface area (Å²) in [5, 5.41) is 13.5. The van der Waals surface area contributed by atoms with Crippen LogP contribution in [0.2, 0.25) is 0 Å². The number of H-pyrrole nitrogens is 1. The van der Waals surface area contributed by atoms with E-state index in [0.717, 1.165) is 10.9 Å². The number of aromatic nitrogens is 1. The number of aliphatic hydroxyl groups is 1. The number of aliphatic hydroxyl groups excluding tert-OH is 1. The van der Waals surface area contributed by atoms with E-state index in [1.165, 1.54) is 6.92 Å². The van der Waals surface area contributed by atoms with Crippen molar-refractivity contribution in [3.8, 4) is 5.75 Å². The smallest absolute Gasteiger partial charge is 0.256 e. The number of hydrogen-bond donors (Lipinski definition) is 3. The first-order chi connectivity index (χ1) is 11.0. The monoisotopic (exact) mass is 317 g/mol. The zero-order chi connectivity index (χ0) is 16.6. The Hall–Kier alpha value is -2.54. The number of nitrogens with one attached hydrogen (secondary N) is 2. The highest BCUT2D eigenvalue weighted by molar-refractivity contribution is 6.07. The number of amides is 2. The average Bonchev–Trinajstić information content (AvgIpc) is 3.09. The number of benzene rings is 1. The third kappa shape index (κ3) is 2.87. The van der Waals surface area contributed by atoms with Crippen molar-refractivity contribution >= 4 is 22.7 Å². The first-order valence-electron chi connectivity index (χ1n) is 7.39. The van der Waals surface area contributed by atoms with Crippen LogP contribution in [0.15, 0.2) is 24.4 Å². The Morgan fingerprint density at radius 1 is 1.39 bits per heavy atom. The Morgan fingerprint density at radius 3 is 2.87 bits per heavy atom. The van der Waals surface area contributed by atoms with Gasteiger partial charge in [0.2, 0.25) is 5.91 Å². The SMILES string of the molecule is COc1ccc2[nH]cc(C(=O)N3C[C@@H](O)[C@H](NC(C)=O)C3)c2c1. The van der Waals surface area contributed by atoms with E-state index in [1.54, 1.807) is 24.3 Å². The molecule has 122 valence electrons. The fourth-order valence-electron chi connectivity index (χ4n) is 2.93. The number of hydrogen-bond acceptors (Lipinski definition) is 4. The van der Waals surface area contributed by atoms with Gasteiger partial charge in [-0.05, 0) is 18.2 Å². The van der Waals surface area contributed by atoms with Gasteiger partial charge in [-0.2, -0.15) is 0 Å². The average molecular weight is 317 g/mol. The van der Waals surface area contributed by atoms with Crippen LogP contribution >= 0.6 is 0 Å². The number of carbonyl (C=O) groups excluding carboxylic acids is 2. The molecule has 2 amide bonds. The quantitative estimate of drug-likeness (QED) is 0.768. The summed E-state index contributed by atoms with van der Waals surface area (Å²) in [6.45, 7) is 1.87. The van der Waals surface area contributed by atoms with Crippen LogP contribution in [0.4, 0.5) is 0 Å². The lowest BCUT2D eigenvalue weighted by molar-refractivity contribution is -0.120. The lowest BCUT2D eigenvalue weighted by Crippen LogP contribution is -2.41. The van der Waals surface area contributed by atoms with E-state index >= 15 is 0 Å². The third-order valence-electron chi connectivity index (χ3n) is 4.08. The fourth-order valence-corrected chi connectivity index (χ4v) is 2.93. The molecule has 0 radical (unpaired) electrons. The van der Waals surface area contributed by atoms with Crippen molar-refractivity contribution in [3.63, 3.8) is 0 Å². The summed E-state index contributed by atoms with van der Waals surface area (Å²) >= 11 is 0. The van der Waals surface area contributed by atoms with Crippen LogP contribution in [0.25, 0.3) is 10.9 Å². The van der Waals surface area contributed by atoms with Gasteiger partial charge in [0, 0.05) is 37.1 Å². The van der Waals surface area contributed by atoms with E-state index < -0.39 is 12.1 Å². The molecule has 7 nitrogen and oxygen atoms in total. The maximum Gasteiger partial charge on any atom is 0.256 e. The lowest BCUT2D eigenvalue weighted by Gasteiger charge is -2.16. The molecule has 0 aliphatic carbocycles. The summed E-state index contributed by atoms with van der Waals surface area (Å²) in [6, 6.07) is 5.04. The van der Waals surface area contributed by atoms with Gasteiger partial charge < -0.3 is 25.0 Å². The third-order valence-corrected chi connectivity index (χ3v) is 4.08. The van der Waals surface area contributed by atoms with Crippen LogP contribution in [-0.4, -0.2) is 59.1 Å². The molecule has 1 aliphatic heterocycles. The number of aromatic amines is 1. The molecule has 23 heavy (non-hydrogen) atoms. The van der Waals surface area contributed by atoms with Crippen molar-refractivity contribution in [2.24, 2.45) is 0 Å². The Bertz CT molecular complexity index is 755. The predicted molar refractivity (Wildman–Crippen MR) is 84.4 cm³/mol. The van der Waals surface area contributed by atoms with Crippen molar-refractivity contribution in [2.45, 2.75) is 19.1 Å². The molecule has 0 saturated carbocycles. The molecule has 1 aromatic carbocycles. The van der Waals surface area contributed by atoms with Crippen LogP contribution in [-0.2, 0) is 4.79 Å². The van der Waals surface area contributed by atoms with Crippen LogP contribution in [0.3, 0.4) is 0 Å². The largest absolute Gasteiger partial charge is 0.497 e. The van der Waals surface area contributed by atoms with Crippen LogP contribution in [0.1, 0.15) is 17.3 Å². The zero-order valence-corrected chi connectivity index (χ0v) is 13.0. The van der Waals surface area contributed by atoms with Gasteiger partial charge in [0.1, 0.15) is 5.75 Å². The summed E-state index contributed by atoms with van der Waals surface area (Å²) < 4.78 is 5.20. The number of fused-ring (bicyclic) bond motifs is 1. The topological polar surface area (TPSA) is 94.7 Å². The molecule has 2 aromatic rings. The van der Waals surface area contributed by atoms with Gasteiger partial charge >= 0.3 is 0 Å². The summed E-state index contributed by atoms with van der Waals surface area (Å²) in [4.78, 5) is 28.5. The molecule has 7 heteroatoms. The number of nitrogens with zero attached hydrogens (tertiary/aromatic N) is 1. The number of ether oxygens (including phenoxy) is 1. The molecule has 3 rings (SSSR count). The number of rotatable bonds is 3. The number of methoxy groups -OCH3 is 1. The van der Waals surface area contributed by atoms with Gasteiger partial charge in [-0.15, -0.1) is 0 Å². The van der Waals surface area contributed by atoms with E-state index in [4.69, 9.17) is 4.74 Å². The second kappa shape index (κ2) is 5.92. The van der Waals surface area contributed by atoms with Crippen molar-refractivity contribution < 1.29 is 19.4 Å². The molecule has 0 spiro atoms. The van der Waals surface area contributed by atoms with Gasteiger partial charge in [-0.25, -0.2) is 0 Å². The maximum absolute atomic E-state index is 12.7. The van der Waals surface area contributed by atoms with Gasteiger partial charge in [0.25, 0.3) is 5.91 Å². The minimum atomic E-state index is -0.761. The highest BCUT2D eigenvalue weighted by Crippen LogP contribution is 2.25. The summed E-state index contributed by atoms with van der Waals surface area (Å²) in [7, 11) is 1.57. The minimum absolute atomic E-state index is 0.184. The van der Waals surface area contributed by atoms with Crippen molar-refractivity contribution in [1.29, 1.82) is 0 Å². The number of β-amino-alcohol motifs (C(OH)–C–C–N with tert-alkyl or cyclic N) is 1. The first-order valence-corrected chi connectivity index (χ1v) is 7.39. The van der Waals surface area contributed by atoms with Gasteiger partial charge in [0.15, 0.2) is 0 Å². The normalized spacial score (nSPS) is 20.7. The molecular weight excluding hydrogens is 298 g/mol.